The average Bonchev–Trinajstić information content (AvgIpc) is 3.16. The van der Waals surface area contributed by atoms with Gasteiger partial charge < -0.3 is 10.1 Å². The van der Waals surface area contributed by atoms with Gasteiger partial charge in [0, 0.05) is 16.0 Å². The Balaban J connectivity index is 1.93. The van der Waals surface area contributed by atoms with Crippen LogP contribution >= 0.6 is 22.9 Å². The summed E-state index contributed by atoms with van der Waals surface area (Å²) in [5.41, 5.74) is 2.28. The van der Waals surface area contributed by atoms with E-state index in [4.69, 9.17) is 16.3 Å². The van der Waals surface area contributed by atoms with Crippen molar-refractivity contribution in [1.29, 1.82) is 5.26 Å². The van der Waals surface area contributed by atoms with E-state index < -0.39 is 11.9 Å². The van der Waals surface area contributed by atoms with Crippen LogP contribution in [-0.4, -0.2) is 19.0 Å². The average molecular weight is 423 g/mol. The maximum absolute atomic E-state index is 12.7. The Kier molecular flexibility index (Phi) is 6.45. The number of nitrogens with zero attached hydrogens (tertiary/aromatic N) is 1. The van der Waals surface area contributed by atoms with Gasteiger partial charge in [-0.05, 0) is 29.3 Å². The van der Waals surface area contributed by atoms with Gasteiger partial charge in [0.05, 0.1) is 7.11 Å². The Bertz CT molecular complexity index is 1110. The summed E-state index contributed by atoms with van der Waals surface area (Å²) in [7, 11) is 1.28. The van der Waals surface area contributed by atoms with Crippen LogP contribution in [0, 0.1) is 11.3 Å². The van der Waals surface area contributed by atoms with Crippen molar-refractivity contribution >= 4 is 45.9 Å². The lowest BCUT2D eigenvalue weighted by Crippen LogP contribution is -2.15. The third-order valence-electron chi connectivity index (χ3n) is 4.04. The molecule has 0 aliphatic carbocycles. The van der Waals surface area contributed by atoms with Gasteiger partial charge in [-0.15, -0.1) is 11.3 Å². The van der Waals surface area contributed by atoms with Crippen molar-refractivity contribution in [2.75, 3.05) is 12.4 Å². The van der Waals surface area contributed by atoms with Crippen molar-refractivity contribution in [2.24, 2.45) is 0 Å². The molecule has 3 aromatic rings. The van der Waals surface area contributed by atoms with Crippen molar-refractivity contribution in [3.8, 4) is 17.2 Å². The van der Waals surface area contributed by atoms with Crippen LogP contribution in [-0.2, 0) is 9.53 Å². The molecule has 0 aliphatic heterocycles. The lowest BCUT2D eigenvalue weighted by molar-refractivity contribution is -0.112. The van der Waals surface area contributed by atoms with Gasteiger partial charge in [-0.1, -0.05) is 54.1 Å². The van der Waals surface area contributed by atoms with E-state index in [9.17, 15) is 14.9 Å². The number of esters is 1. The van der Waals surface area contributed by atoms with Crippen molar-refractivity contribution in [1.82, 2.24) is 0 Å². The van der Waals surface area contributed by atoms with E-state index in [1.807, 2.05) is 36.4 Å². The van der Waals surface area contributed by atoms with Crippen molar-refractivity contribution < 1.29 is 14.3 Å². The van der Waals surface area contributed by atoms with E-state index in [1.54, 1.807) is 29.6 Å². The number of nitrogens with one attached hydrogen (secondary N) is 1. The smallest absolute Gasteiger partial charge is 0.341 e. The fraction of sp³-hybridized carbons (Fsp3) is 0.0455. The molecular weight excluding hydrogens is 408 g/mol. The molecule has 1 N–H and O–H groups in total. The van der Waals surface area contributed by atoms with Crippen LogP contribution in [0.15, 0.2) is 65.6 Å². The van der Waals surface area contributed by atoms with Gasteiger partial charge in [0.15, 0.2) is 0 Å². The van der Waals surface area contributed by atoms with Gasteiger partial charge in [-0.3, -0.25) is 4.79 Å². The predicted molar refractivity (Wildman–Crippen MR) is 115 cm³/mol. The first-order valence-corrected chi connectivity index (χ1v) is 9.73. The van der Waals surface area contributed by atoms with Gasteiger partial charge in [0.2, 0.25) is 0 Å². The zero-order chi connectivity index (χ0) is 20.8. The highest BCUT2D eigenvalue weighted by molar-refractivity contribution is 7.15. The SMILES string of the molecule is COC(=O)c1c(-c2ccccc2)csc1NC(=O)/C(C#N)=C\c1ccc(Cl)cc1. The second kappa shape index (κ2) is 9.20. The lowest BCUT2D eigenvalue weighted by atomic mass is 10.0. The van der Waals surface area contributed by atoms with E-state index in [0.717, 1.165) is 5.56 Å². The highest BCUT2D eigenvalue weighted by Gasteiger charge is 2.23. The molecule has 1 amide bonds. The van der Waals surface area contributed by atoms with Gasteiger partial charge in [0.1, 0.15) is 22.2 Å². The largest absolute Gasteiger partial charge is 0.465 e. The van der Waals surface area contributed by atoms with Crippen LogP contribution < -0.4 is 5.32 Å². The van der Waals surface area contributed by atoms with E-state index in [0.29, 0.717) is 21.2 Å². The summed E-state index contributed by atoms with van der Waals surface area (Å²) in [6, 6.07) is 17.9. The Morgan fingerprint density at radius 3 is 2.45 bits per heavy atom. The monoisotopic (exact) mass is 422 g/mol. The molecule has 0 saturated heterocycles. The first-order valence-electron chi connectivity index (χ1n) is 8.47. The third-order valence-corrected chi connectivity index (χ3v) is 5.19. The Morgan fingerprint density at radius 2 is 1.83 bits per heavy atom. The molecule has 29 heavy (non-hydrogen) atoms. The zero-order valence-electron chi connectivity index (χ0n) is 15.3. The van der Waals surface area contributed by atoms with E-state index in [1.165, 1.54) is 24.5 Å². The molecule has 0 unspecified atom stereocenters. The van der Waals surface area contributed by atoms with Crippen LogP contribution in [0.4, 0.5) is 5.00 Å². The van der Waals surface area contributed by atoms with Crippen LogP contribution in [0.2, 0.25) is 5.02 Å². The topological polar surface area (TPSA) is 79.2 Å². The summed E-state index contributed by atoms with van der Waals surface area (Å²) in [6.45, 7) is 0. The number of carbonyl (C=O) groups excluding carboxylic acids is 2. The number of benzene rings is 2. The Hall–Kier alpha value is -3.40. The quantitative estimate of drug-likeness (QED) is 0.339. The Labute approximate surface area is 176 Å². The molecule has 0 saturated carbocycles. The number of rotatable bonds is 5. The number of methoxy groups -OCH3 is 1. The molecule has 0 spiro atoms. The molecule has 144 valence electrons. The fourth-order valence-corrected chi connectivity index (χ4v) is 3.71. The molecule has 0 aliphatic rings. The molecule has 2 aromatic carbocycles. The number of hydrogen-bond donors (Lipinski definition) is 1. The van der Waals surface area contributed by atoms with E-state index >= 15 is 0 Å². The molecular formula is C22H15ClN2O3S. The van der Waals surface area contributed by atoms with Crippen LogP contribution in [0.1, 0.15) is 15.9 Å². The fourth-order valence-electron chi connectivity index (χ4n) is 2.63. The number of thiophene rings is 1. The van der Waals surface area contributed by atoms with Gasteiger partial charge in [-0.2, -0.15) is 5.26 Å². The number of hydrogen-bond acceptors (Lipinski definition) is 5. The maximum atomic E-state index is 12.7. The first kappa shape index (κ1) is 20.3. The minimum absolute atomic E-state index is 0.0993. The van der Waals surface area contributed by atoms with Gasteiger partial charge >= 0.3 is 5.97 Å². The van der Waals surface area contributed by atoms with Crippen LogP contribution in [0.5, 0.6) is 0 Å². The number of ether oxygens (including phenoxy) is 1. The predicted octanol–water partition coefficient (Wildman–Crippen LogP) is 5.40. The van der Waals surface area contributed by atoms with Crippen molar-refractivity contribution in [3.63, 3.8) is 0 Å². The molecule has 1 heterocycles. The number of nitriles is 1. The molecule has 1 aromatic heterocycles. The van der Waals surface area contributed by atoms with Gasteiger partial charge in [0.25, 0.3) is 5.91 Å². The molecule has 0 radical (unpaired) electrons. The maximum Gasteiger partial charge on any atom is 0.341 e. The molecule has 0 atom stereocenters. The minimum atomic E-state index is -0.617. The van der Waals surface area contributed by atoms with E-state index in [-0.39, 0.29) is 11.1 Å². The molecule has 0 bridgehead atoms. The number of anilines is 1. The molecule has 5 nitrogen and oxygen atoms in total. The van der Waals surface area contributed by atoms with Crippen molar-refractivity contribution in [3.05, 3.63) is 81.7 Å². The number of carbonyl (C=O) groups is 2. The van der Waals surface area contributed by atoms with Gasteiger partial charge in [-0.25, -0.2) is 4.79 Å². The first-order chi connectivity index (χ1) is 14.0. The minimum Gasteiger partial charge on any atom is -0.465 e. The zero-order valence-corrected chi connectivity index (χ0v) is 16.9. The number of halogens is 1. The number of amides is 1. The van der Waals surface area contributed by atoms with Crippen LogP contribution in [0.25, 0.3) is 17.2 Å². The van der Waals surface area contributed by atoms with E-state index in [2.05, 4.69) is 5.32 Å². The summed E-state index contributed by atoms with van der Waals surface area (Å²) in [6.07, 6.45) is 1.45. The molecule has 7 heteroatoms. The summed E-state index contributed by atoms with van der Waals surface area (Å²) < 4.78 is 4.90. The third kappa shape index (κ3) is 4.72. The second-order valence-electron chi connectivity index (χ2n) is 5.89. The molecule has 3 rings (SSSR count). The summed E-state index contributed by atoms with van der Waals surface area (Å²) in [4.78, 5) is 25.0. The van der Waals surface area contributed by atoms with Crippen molar-refractivity contribution in [2.45, 2.75) is 0 Å². The summed E-state index contributed by atoms with van der Waals surface area (Å²) >= 11 is 7.05. The second-order valence-corrected chi connectivity index (χ2v) is 7.20. The molecule has 0 fully saturated rings. The summed E-state index contributed by atoms with van der Waals surface area (Å²) in [5, 5.41) is 14.7. The highest BCUT2D eigenvalue weighted by Crippen LogP contribution is 2.36. The highest BCUT2D eigenvalue weighted by atomic mass is 35.5. The van der Waals surface area contributed by atoms with Crippen LogP contribution in [0.3, 0.4) is 0 Å². The lowest BCUT2D eigenvalue weighted by Gasteiger charge is -2.07. The Morgan fingerprint density at radius 1 is 1.14 bits per heavy atom. The standard InChI is InChI=1S/C22H15ClN2O3S/c1-28-22(27)19-18(15-5-3-2-4-6-15)13-29-21(19)25-20(26)16(12-24)11-14-7-9-17(23)10-8-14/h2-11,13H,1H3,(H,25,26)/b16-11-. The summed E-state index contributed by atoms with van der Waals surface area (Å²) in [5.74, 6) is -1.19. The normalized spacial score (nSPS) is 10.9.